The summed E-state index contributed by atoms with van der Waals surface area (Å²) in [5.74, 6) is 0. The molecule has 0 radical (unpaired) electrons. The lowest BCUT2D eigenvalue weighted by Crippen LogP contribution is -1.86. The monoisotopic (exact) mass is 250 g/mol. The van der Waals surface area contributed by atoms with Crippen molar-refractivity contribution in [3.63, 3.8) is 0 Å². The molecule has 0 aromatic heterocycles. The summed E-state index contributed by atoms with van der Waals surface area (Å²) in [6.45, 7) is 2.59. The fourth-order valence-corrected chi connectivity index (χ4v) is 1.31. The maximum atomic E-state index is 7.79. The second-order valence-corrected chi connectivity index (χ2v) is 3.85. The molecule has 0 bridgehead atoms. The molecule has 0 aliphatic carbocycles. The summed E-state index contributed by atoms with van der Waals surface area (Å²) < 4.78 is 0. The number of hydrogen-bond acceptors (Lipinski definition) is 2. The lowest BCUT2D eigenvalue weighted by Gasteiger charge is -1.90. The average Bonchev–Trinajstić information content (AvgIpc) is 2.19. The van der Waals surface area contributed by atoms with Gasteiger partial charge < -0.3 is 0 Å². The van der Waals surface area contributed by atoms with Gasteiger partial charge in [0.05, 0.1) is 6.61 Å². The van der Waals surface area contributed by atoms with Gasteiger partial charge in [0.15, 0.2) is 0 Å². The van der Waals surface area contributed by atoms with Crippen LogP contribution in [0.5, 0.6) is 0 Å². The summed E-state index contributed by atoms with van der Waals surface area (Å²) in [5, 5.41) is 9.15. The molecule has 0 aliphatic heterocycles. The SMILES string of the molecule is CCCCCOO.Clc1cccc(Cl)c1. The quantitative estimate of drug-likeness (QED) is 0.479. The number of rotatable bonds is 4. The highest BCUT2D eigenvalue weighted by molar-refractivity contribution is 6.34. The highest BCUT2D eigenvalue weighted by Crippen LogP contribution is 2.13. The third kappa shape index (κ3) is 10.0. The van der Waals surface area contributed by atoms with E-state index < -0.39 is 0 Å². The van der Waals surface area contributed by atoms with Crippen LogP contribution in [-0.4, -0.2) is 11.9 Å². The Morgan fingerprint density at radius 2 is 1.80 bits per heavy atom. The molecule has 15 heavy (non-hydrogen) atoms. The minimum Gasteiger partial charge on any atom is -0.252 e. The van der Waals surface area contributed by atoms with E-state index in [-0.39, 0.29) is 0 Å². The first kappa shape index (κ1) is 14.7. The minimum absolute atomic E-state index is 0.480. The molecule has 1 N–H and O–H groups in total. The number of benzene rings is 1. The van der Waals surface area contributed by atoms with Gasteiger partial charge in [0, 0.05) is 10.0 Å². The fourth-order valence-electron chi connectivity index (χ4n) is 0.877. The van der Waals surface area contributed by atoms with E-state index in [9.17, 15) is 0 Å². The van der Waals surface area contributed by atoms with Crippen LogP contribution in [-0.2, 0) is 4.89 Å². The van der Waals surface area contributed by atoms with Crippen molar-refractivity contribution in [1.82, 2.24) is 0 Å². The first-order chi connectivity index (χ1) is 7.20. The van der Waals surface area contributed by atoms with E-state index in [4.69, 9.17) is 28.5 Å². The van der Waals surface area contributed by atoms with Gasteiger partial charge in [-0.15, -0.1) is 0 Å². The van der Waals surface area contributed by atoms with Gasteiger partial charge >= 0.3 is 0 Å². The maximum Gasteiger partial charge on any atom is 0.0819 e. The summed E-state index contributed by atoms with van der Waals surface area (Å²) in [4.78, 5) is 3.84. The Bertz CT molecular complexity index is 233. The van der Waals surface area contributed by atoms with Crippen molar-refractivity contribution in [3.05, 3.63) is 34.3 Å². The van der Waals surface area contributed by atoms with Crippen LogP contribution in [0.15, 0.2) is 24.3 Å². The van der Waals surface area contributed by atoms with Crippen molar-refractivity contribution in [3.8, 4) is 0 Å². The summed E-state index contributed by atoms with van der Waals surface area (Å²) in [7, 11) is 0. The standard InChI is InChI=1S/C6H4Cl2.C5H12O2/c7-5-2-1-3-6(8)4-5;1-2-3-4-5-7-6/h1-4H;6H,2-5H2,1H3. The number of halogens is 2. The Morgan fingerprint density at radius 1 is 1.20 bits per heavy atom. The van der Waals surface area contributed by atoms with Crippen molar-refractivity contribution in [2.45, 2.75) is 26.2 Å². The summed E-state index contributed by atoms with van der Waals surface area (Å²) in [6, 6.07) is 7.08. The Labute approximate surface area is 101 Å². The second-order valence-electron chi connectivity index (χ2n) is 2.98. The van der Waals surface area contributed by atoms with Crippen LogP contribution in [0.4, 0.5) is 0 Å². The molecule has 0 unspecified atom stereocenters. The van der Waals surface area contributed by atoms with E-state index in [0.29, 0.717) is 16.7 Å². The molecule has 0 amide bonds. The van der Waals surface area contributed by atoms with Crippen LogP contribution >= 0.6 is 23.2 Å². The molecule has 0 saturated carbocycles. The molecule has 4 heteroatoms. The highest BCUT2D eigenvalue weighted by Gasteiger charge is 1.85. The molecule has 0 heterocycles. The van der Waals surface area contributed by atoms with Gasteiger partial charge in [-0.2, -0.15) is 0 Å². The molecule has 1 rings (SSSR count). The molecule has 0 spiro atoms. The third-order valence-corrected chi connectivity index (χ3v) is 2.10. The van der Waals surface area contributed by atoms with Crippen LogP contribution in [0, 0.1) is 0 Å². The normalized spacial score (nSPS) is 9.33. The predicted molar refractivity (Wildman–Crippen MR) is 64.6 cm³/mol. The van der Waals surface area contributed by atoms with Gasteiger partial charge in [-0.3, -0.25) is 5.26 Å². The third-order valence-electron chi connectivity index (χ3n) is 1.63. The molecule has 0 saturated heterocycles. The van der Waals surface area contributed by atoms with Crippen LogP contribution in [0.2, 0.25) is 10.0 Å². The highest BCUT2D eigenvalue weighted by atomic mass is 35.5. The van der Waals surface area contributed by atoms with Gasteiger partial charge in [0.1, 0.15) is 0 Å². The largest absolute Gasteiger partial charge is 0.252 e. The number of unbranched alkanes of at least 4 members (excludes halogenated alkanes) is 2. The first-order valence-electron chi connectivity index (χ1n) is 4.88. The smallest absolute Gasteiger partial charge is 0.0819 e. The Balaban J connectivity index is 0.000000265. The van der Waals surface area contributed by atoms with Crippen molar-refractivity contribution in [2.75, 3.05) is 6.61 Å². The topological polar surface area (TPSA) is 29.5 Å². The van der Waals surface area contributed by atoms with Crippen molar-refractivity contribution >= 4 is 23.2 Å². The van der Waals surface area contributed by atoms with Crippen LogP contribution < -0.4 is 0 Å². The second kappa shape index (κ2) is 10.2. The lowest BCUT2D eigenvalue weighted by molar-refractivity contribution is -0.242. The van der Waals surface area contributed by atoms with E-state index in [0.717, 1.165) is 12.8 Å². The first-order valence-corrected chi connectivity index (χ1v) is 5.63. The lowest BCUT2D eigenvalue weighted by atomic mass is 10.3. The van der Waals surface area contributed by atoms with Crippen LogP contribution in [0.25, 0.3) is 0 Å². The van der Waals surface area contributed by atoms with Gasteiger partial charge in [-0.05, 0) is 24.6 Å². The van der Waals surface area contributed by atoms with Crippen LogP contribution in [0.1, 0.15) is 26.2 Å². The van der Waals surface area contributed by atoms with E-state index in [2.05, 4.69) is 11.8 Å². The molecule has 86 valence electrons. The molecule has 2 nitrogen and oxygen atoms in total. The molecule has 0 aliphatic rings. The Kier molecular flexibility index (Phi) is 10.1. The molecular formula is C11H16Cl2O2. The Morgan fingerprint density at radius 3 is 2.13 bits per heavy atom. The van der Waals surface area contributed by atoms with Crippen LogP contribution in [0.3, 0.4) is 0 Å². The van der Waals surface area contributed by atoms with E-state index in [1.54, 1.807) is 18.2 Å². The predicted octanol–water partition coefficient (Wildman–Crippen LogP) is 4.66. The number of hydrogen-bond donors (Lipinski definition) is 1. The average molecular weight is 251 g/mol. The summed E-state index contributed by atoms with van der Waals surface area (Å²) in [5.41, 5.74) is 0. The van der Waals surface area contributed by atoms with Gasteiger partial charge in [0.2, 0.25) is 0 Å². The van der Waals surface area contributed by atoms with Gasteiger partial charge in [0.25, 0.3) is 0 Å². The van der Waals surface area contributed by atoms with Crippen molar-refractivity contribution in [2.24, 2.45) is 0 Å². The molecule has 0 atom stereocenters. The van der Waals surface area contributed by atoms with Gasteiger partial charge in [-0.25, -0.2) is 4.89 Å². The van der Waals surface area contributed by atoms with E-state index >= 15 is 0 Å². The van der Waals surface area contributed by atoms with Gasteiger partial charge in [-0.1, -0.05) is 49.0 Å². The van der Waals surface area contributed by atoms with Crippen molar-refractivity contribution < 1.29 is 10.1 Å². The zero-order valence-electron chi connectivity index (χ0n) is 8.75. The minimum atomic E-state index is 0.480. The molecule has 0 fully saturated rings. The molecule has 1 aromatic carbocycles. The van der Waals surface area contributed by atoms with Crippen molar-refractivity contribution in [1.29, 1.82) is 0 Å². The molecular weight excluding hydrogens is 235 g/mol. The van der Waals surface area contributed by atoms with E-state index in [1.807, 2.05) is 6.07 Å². The zero-order valence-corrected chi connectivity index (χ0v) is 10.3. The summed E-state index contributed by atoms with van der Waals surface area (Å²) >= 11 is 11.1. The molecule has 1 aromatic rings. The zero-order chi connectivity index (χ0) is 11.5. The van der Waals surface area contributed by atoms with E-state index in [1.165, 1.54) is 6.42 Å². The fraction of sp³-hybridized carbons (Fsp3) is 0.455. The maximum absolute atomic E-state index is 7.79. The summed E-state index contributed by atoms with van der Waals surface area (Å²) in [6.07, 6.45) is 3.27. The Hall–Kier alpha value is -0.280.